The number of allylic oxidation sites excluding steroid dienone is 1. The smallest absolute Gasteiger partial charge is 0.238 e. The lowest BCUT2D eigenvalue weighted by atomic mass is 9.69. The van der Waals surface area contributed by atoms with Crippen molar-refractivity contribution in [2.45, 2.75) is 45.1 Å². The number of amides is 2. The Kier molecular flexibility index (Phi) is 9.83. The van der Waals surface area contributed by atoms with Crippen molar-refractivity contribution in [1.82, 2.24) is 0 Å². The van der Waals surface area contributed by atoms with Crippen LogP contribution in [0.25, 0.3) is 16.8 Å². The highest BCUT2D eigenvalue weighted by Gasteiger charge is 2.57. The van der Waals surface area contributed by atoms with Gasteiger partial charge in [0.15, 0.2) is 0 Å². The molecule has 0 bridgehead atoms. The van der Waals surface area contributed by atoms with Gasteiger partial charge in [0.25, 0.3) is 0 Å². The number of phenols is 1. The van der Waals surface area contributed by atoms with Crippen molar-refractivity contribution in [2.75, 3.05) is 23.4 Å². The summed E-state index contributed by atoms with van der Waals surface area (Å²) in [6.45, 7) is 2.94. The summed E-state index contributed by atoms with van der Waals surface area (Å²) < 4.78 is 12.9. The highest BCUT2D eigenvalue weighted by Crippen LogP contribution is 2.51. The molecule has 2 aliphatic heterocycles. The third-order valence-electron chi connectivity index (χ3n) is 10.9. The van der Waals surface area contributed by atoms with Crippen LogP contribution in [0.1, 0.15) is 44.6 Å². The minimum absolute atomic E-state index is 0.149. The summed E-state index contributed by atoms with van der Waals surface area (Å²) in [5.74, 6) is -0.380. The molecule has 7 nitrogen and oxygen atoms in total. The number of imide groups is 1. The Balaban J connectivity index is 1.06. The lowest BCUT2D eigenvalue weighted by molar-refractivity contribution is -0.122. The predicted molar refractivity (Wildman–Crippen MR) is 210 cm³/mol. The minimum atomic E-state index is -0.473. The molecule has 4 atom stereocenters. The van der Waals surface area contributed by atoms with Gasteiger partial charge in [-0.05, 0) is 102 Å². The van der Waals surface area contributed by atoms with Crippen molar-refractivity contribution in [2.24, 2.45) is 17.8 Å². The Morgan fingerprint density at radius 2 is 1.51 bits per heavy atom. The summed E-state index contributed by atoms with van der Waals surface area (Å²) >= 11 is 0. The largest absolute Gasteiger partial charge is 0.507 e. The van der Waals surface area contributed by atoms with Gasteiger partial charge in [-0.15, -0.1) is 0 Å². The molecule has 53 heavy (non-hydrogen) atoms. The van der Waals surface area contributed by atoms with Gasteiger partial charge >= 0.3 is 0 Å². The first kappa shape index (κ1) is 34.4. The van der Waals surface area contributed by atoms with Crippen molar-refractivity contribution in [1.29, 1.82) is 0 Å². The topological polar surface area (TPSA) is 88.1 Å². The van der Waals surface area contributed by atoms with E-state index >= 15 is 0 Å². The molecule has 1 aliphatic carbocycles. The van der Waals surface area contributed by atoms with E-state index in [2.05, 4.69) is 24.4 Å². The molecule has 0 unspecified atom stereocenters. The van der Waals surface area contributed by atoms with E-state index in [1.807, 2.05) is 109 Å². The number of ether oxygens (including phenoxy) is 2. The van der Waals surface area contributed by atoms with Crippen LogP contribution in [0.15, 0.2) is 138 Å². The summed E-state index contributed by atoms with van der Waals surface area (Å²) in [5, 5.41) is 15.7. The van der Waals surface area contributed by atoms with Crippen molar-refractivity contribution in [3.05, 3.63) is 144 Å². The fourth-order valence-electron chi connectivity index (χ4n) is 8.49. The number of hydrogen-bond donors (Lipinski definition) is 2. The van der Waals surface area contributed by atoms with Crippen LogP contribution in [-0.2, 0) is 14.3 Å². The van der Waals surface area contributed by atoms with Crippen LogP contribution in [0, 0.1) is 17.8 Å². The maximum absolute atomic E-state index is 14.3. The van der Waals surface area contributed by atoms with Crippen LogP contribution < -0.4 is 15.0 Å². The monoisotopic (exact) mass is 704 g/mol. The minimum Gasteiger partial charge on any atom is -0.507 e. The first-order chi connectivity index (χ1) is 26.0. The van der Waals surface area contributed by atoms with Crippen LogP contribution in [0.5, 0.6) is 11.5 Å². The first-order valence-electron chi connectivity index (χ1n) is 18.7. The maximum Gasteiger partial charge on any atom is 0.238 e. The maximum atomic E-state index is 14.3. The van der Waals surface area contributed by atoms with E-state index < -0.39 is 11.8 Å². The number of nitrogens with zero attached hydrogens (tertiary/aromatic N) is 1. The molecule has 268 valence electrons. The molecule has 0 spiro atoms. The van der Waals surface area contributed by atoms with Gasteiger partial charge < -0.3 is 19.9 Å². The zero-order valence-corrected chi connectivity index (χ0v) is 29.9. The van der Waals surface area contributed by atoms with E-state index in [-0.39, 0.29) is 29.6 Å². The Morgan fingerprint density at radius 3 is 2.26 bits per heavy atom. The van der Waals surface area contributed by atoms with Gasteiger partial charge in [-0.1, -0.05) is 91.7 Å². The van der Waals surface area contributed by atoms with E-state index in [1.54, 1.807) is 6.07 Å². The van der Waals surface area contributed by atoms with Crippen molar-refractivity contribution in [3.8, 4) is 11.5 Å². The van der Waals surface area contributed by atoms with E-state index in [9.17, 15) is 14.7 Å². The SMILES string of the molecule is CCC/C(=C\c1ccc(O)c2ccccc12)CC[C@H]1OC[C@H]2C1=C(COc1ccccc1)C[C@H]1C(=O)N(c3ccc(Nc4ccccc4)cc3)C(=O)[C@H]12. The number of nitrogens with one attached hydrogen (secondary N) is 1. The lowest BCUT2D eigenvalue weighted by Gasteiger charge is -2.31. The average molecular weight is 705 g/mol. The van der Waals surface area contributed by atoms with Crippen LogP contribution in [0.2, 0.25) is 0 Å². The van der Waals surface area contributed by atoms with E-state index in [0.717, 1.165) is 70.3 Å². The molecule has 2 fully saturated rings. The van der Waals surface area contributed by atoms with Gasteiger partial charge in [0, 0.05) is 22.7 Å². The van der Waals surface area contributed by atoms with E-state index in [1.165, 1.54) is 10.5 Å². The van der Waals surface area contributed by atoms with Gasteiger partial charge in [0.05, 0.1) is 30.2 Å². The van der Waals surface area contributed by atoms with Gasteiger partial charge in [-0.3, -0.25) is 14.5 Å². The summed E-state index contributed by atoms with van der Waals surface area (Å²) in [7, 11) is 0. The summed E-state index contributed by atoms with van der Waals surface area (Å²) in [6, 6.07) is 38.8. The third kappa shape index (κ3) is 6.97. The summed E-state index contributed by atoms with van der Waals surface area (Å²) in [6.07, 6.45) is 6.10. The molecule has 0 aromatic heterocycles. The van der Waals surface area contributed by atoms with Gasteiger partial charge in [0.2, 0.25) is 11.8 Å². The lowest BCUT2D eigenvalue weighted by Crippen LogP contribution is -2.35. The van der Waals surface area contributed by atoms with E-state index in [4.69, 9.17) is 9.47 Å². The van der Waals surface area contributed by atoms with Crippen molar-refractivity contribution in [3.63, 3.8) is 0 Å². The number of aromatic hydroxyl groups is 1. The molecule has 3 aliphatic rings. The standard InChI is InChI=1S/C46H44N2O5/c1-2-11-30(26-31-19-24-41(49)38-17-10-9-16-37(31)38)18-25-42-43-32(28-52-36-14-7-4-8-15-36)27-39-44(40(43)29-53-42)46(51)48(45(39)50)35-22-20-34(21-23-35)47-33-12-5-3-6-13-33/h3-10,12-17,19-24,26,39-40,42,44,47,49H,2,11,18,25,27-29H2,1H3/b30-26+/t39-,40+,42-,44-/m1/s1. The molecule has 7 heteroatoms. The number of fused-ring (bicyclic) bond motifs is 4. The van der Waals surface area contributed by atoms with Crippen LogP contribution in [0.4, 0.5) is 17.1 Å². The number of rotatable bonds is 12. The number of anilines is 3. The van der Waals surface area contributed by atoms with Crippen LogP contribution >= 0.6 is 0 Å². The Hall–Kier alpha value is -5.66. The molecule has 8 rings (SSSR count). The van der Waals surface area contributed by atoms with Crippen LogP contribution in [-0.4, -0.2) is 36.2 Å². The average Bonchev–Trinajstić information content (AvgIpc) is 3.73. The molecular formula is C46H44N2O5. The zero-order valence-electron chi connectivity index (χ0n) is 29.9. The second-order valence-electron chi connectivity index (χ2n) is 14.3. The normalized spacial score (nSPS) is 21.2. The Labute approximate surface area is 310 Å². The third-order valence-corrected chi connectivity index (χ3v) is 10.9. The van der Waals surface area contributed by atoms with Gasteiger partial charge in [0.1, 0.15) is 18.1 Å². The molecule has 2 heterocycles. The quantitative estimate of drug-likeness (QED) is 0.0993. The molecule has 0 saturated carbocycles. The molecule has 5 aromatic rings. The van der Waals surface area contributed by atoms with Gasteiger partial charge in [-0.2, -0.15) is 0 Å². The molecular weight excluding hydrogens is 661 g/mol. The number of carbonyl (C=O) groups excluding carboxylic acids is 2. The van der Waals surface area contributed by atoms with Crippen molar-refractivity contribution >= 4 is 45.7 Å². The fourth-order valence-corrected chi connectivity index (χ4v) is 8.49. The van der Waals surface area contributed by atoms with Crippen molar-refractivity contribution < 1.29 is 24.2 Å². The predicted octanol–water partition coefficient (Wildman–Crippen LogP) is 9.85. The second kappa shape index (κ2) is 15.1. The van der Waals surface area contributed by atoms with E-state index in [0.29, 0.717) is 25.3 Å². The van der Waals surface area contributed by atoms with Crippen LogP contribution in [0.3, 0.4) is 0 Å². The van der Waals surface area contributed by atoms with Gasteiger partial charge in [-0.25, -0.2) is 0 Å². The number of benzene rings is 5. The number of hydrogen-bond acceptors (Lipinski definition) is 6. The Bertz CT molecular complexity index is 2180. The summed E-state index contributed by atoms with van der Waals surface area (Å²) in [4.78, 5) is 29.9. The number of phenolic OH excluding ortho intramolecular Hbond substituents is 1. The fraction of sp³-hybridized carbons (Fsp3) is 0.261. The first-order valence-corrected chi connectivity index (χ1v) is 18.7. The Morgan fingerprint density at radius 1 is 0.811 bits per heavy atom. The molecule has 0 radical (unpaired) electrons. The second-order valence-corrected chi connectivity index (χ2v) is 14.3. The highest BCUT2D eigenvalue weighted by atomic mass is 16.5. The number of carbonyl (C=O) groups is 2. The molecule has 2 N–H and O–H groups in total. The molecule has 2 amide bonds. The number of para-hydroxylation sites is 2. The molecule has 5 aromatic carbocycles. The molecule has 2 saturated heterocycles. The highest BCUT2D eigenvalue weighted by molar-refractivity contribution is 6.22. The summed E-state index contributed by atoms with van der Waals surface area (Å²) in [5.41, 5.74) is 7.03. The zero-order chi connectivity index (χ0) is 36.3.